The van der Waals surface area contributed by atoms with E-state index in [0.29, 0.717) is 61.9 Å². The molecular weight excluding hydrogens is 622 g/mol. The van der Waals surface area contributed by atoms with Gasteiger partial charge >= 0.3 is 0 Å². The maximum atomic E-state index is 13.2. The van der Waals surface area contributed by atoms with Crippen molar-refractivity contribution in [3.05, 3.63) is 56.7 Å². The van der Waals surface area contributed by atoms with Crippen molar-refractivity contribution in [3.8, 4) is 0 Å². The summed E-state index contributed by atoms with van der Waals surface area (Å²) in [5.41, 5.74) is 17.7. The van der Waals surface area contributed by atoms with E-state index in [-0.39, 0.29) is 52.6 Å². The number of hydrogen-bond donors (Lipinski definition) is 8. The van der Waals surface area contributed by atoms with Crippen LogP contribution in [0.15, 0.2) is 41.2 Å². The van der Waals surface area contributed by atoms with Crippen molar-refractivity contribution in [3.63, 3.8) is 0 Å². The number of nitrogens with zero attached hydrogens (tertiary/aromatic N) is 1. The van der Waals surface area contributed by atoms with Crippen LogP contribution >= 0.6 is 0 Å². The van der Waals surface area contributed by atoms with Crippen LogP contribution < -0.4 is 43.9 Å². The van der Waals surface area contributed by atoms with Gasteiger partial charge < -0.3 is 43.5 Å². The van der Waals surface area contributed by atoms with Crippen molar-refractivity contribution < 1.29 is 24.1 Å². The monoisotopic (exact) mass is 667 g/mol. The van der Waals surface area contributed by atoms with Gasteiger partial charge in [0.25, 0.3) is 5.69 Å². The summed E-state index contributed by atoms with van der Waals surface area (Å²) in [5.74, 6) is -2.01. The van der Waals surface area contributed by atoms with E-state index in [1.54, 1.807) is 38.1 Å². The normalized spacial score (nSPS) is 13.1. The van der Waals surface area contributed by atoms with Crippen LogP contribution in [0.1, 0.15) is 52.4 Å². The number of benzene rings is 2. The van der Waals surface area contributed by atoms with E-state index in [4.69, 9.17) is 17.2 Å². The second-order valence-electron chi connectivity index (χ2n) is 11.9. The van der Waals surface area contributed by atoms with Crippen molar-refractivity contribution in [2.75, 3.05) is 25.0 Å². The van der Waals surface area contributed by atoms with Gasteiger partial charge in [-0.05, 0) is 56.2 Å². The molecule has 0 fully saturated rings. The molecular formula is C32H45N9O7. The molecule has 3 aromatic rings. The number of fused-ring (bicyclic) bond motifs is 2. The molecule has 3 atom stereocenters. The topological polar surface area (TPSA) is 270 Å². The number of unbranched alkanes of at least 4 members (excludes halogenated alkanes) is 1. The third-order valence-electron chi connectivity index (χ3n) is 7.95. The molecule has 3 unspecified atom stereocenters. The summed E-state index contributed by atoms with van der Waals surface area (Å²) in [6.07, 6.45) is 2.08. The number of para-hydroxylation sites is 1. The van der Waals surface area contributed by atoms with Crippen LogP contribution in [0.3, 0.4) is 0 Å². The van der Waals surface area contributed by atoms with Gasteiger partial charge in [0.15, 0.2) is 5.43 Å². The maximum Gasteiger partial charge on any atom is 0.293 e. The van der Waals surface area contributed by atoms with Crippen LogP contribution in [0, 0.1) is 16.0 Å². The molecule has 0 aliphatic carbocycles. The third kappa shape index (κ3) is 10.2. The molecule has 0 bridgehead atoms. The van der Waals surface area contributed by atoms with Gasteiger partial charge in [0, 0.05) is 48.7 Å². The molecule has 1 aromatic heterocycles. The Morgan fingerprint density at radius 1 is 0.917 bits per heavy atom. The van der Waals surface area contributed by atoms with Crippen molar-refractivity contribution in [2.24, 2.45) is 23.1 Å². The van der Waals surface area contributed by atoms with Crippen molar-refractivity contribution >= 4 is 56.8 Å². The van der Waals surface area contributed by atoms with Crippen LogP contribution in [-0.2, 0) is 19.2 Å². The molecule has 2 aromatic carbocycles. The van der Waals surface area contributed by atoms with Gasteiger partial charge in [-0.2, -0.15) is 0 Å². The third-order valence-corrected chi connectivity index (χ3v) is 7.95. The van der Waals surface area contributed by atoms with Gasteiger partial charge in [0.05, 0.1) is 22.4 Å². The Labute approximate surface area is 277 Å². The standard InChI is InChI=1S/C32H45N9O7/c1-18(2)27(34)32(46)40-23(30(35)44)12-14-25(42)37-15-6-5-9-20(33)31(45)38-17-7-16-36-22-11-13-24(41(47)48)28-26(22)29(43)19-8-3-4-10-21(19)39-28/h3-4,8,10-11,13,18,20,23,27,36H,5-7,9,12,14-17,33-34H2,1-2H3,(H2,35,44)(H,37,42)(H,38,45)(H,39,43)(H,40,46). The highest BCUT2D eigenvalue weighted by atomic mass is 16.6. The Kier molecular flexibility index (Phi) is 13.8. The second-order valence-corrected chi connectivity index (χ2v) is 11.9. The van der Waals surface area contributed by atoms with Gasteiger partial charge in [-0.15, -0.1) is 0 Å². The summed E-state index contributed by atoms with van der Waals surface area (Å²) in [6.45, 7) is 4.59. The number of nitrogens with two attached hydrogens (primary N) is 3. The van der Waals surface area contributed by atoms with Crippen LogP contribution in [-0.4, -0.2) is 71.3 Å². The quantitative estimate of drug-likeness (QED) is 0.0386. The number of non-ortho nitro benzene ring substituents is 1. The van der Waals surface area contributed by atoms with Crippen LogP contribution in [0.4, 0.5) is 11.4 Å². The minimum Gasteiger partial charge on any atom is -0.384 e. The predicted molar refractivity (Wildman–Crippen MR) is 183 cm³/mol. The Balaban J connectivity index is 1.36. The summed E-state index contributed by atoms with van der Waals surface area (Å²) in [4.78, 5) is 75.8. The Morgan fingerprint density at radius 3 is 2.31 bits per heavy atom. The minimum atomic E-state index is -1.01. The zero-order valence-electron chi connectivity index (χ0n) is 27.2. The van der Waals surface area contributed by atoms with E-state index >= 15 is 0 Å². The molecule has 0 saturated heterocycles. The highest BCUT2D eigenvalue weighted by molar-refractivity contribution is 6.03. The highest BCUT2D eigenvalue weighted by Gasteiger charge is 2.24. The Morgan fingerprint density at radius 2 is 1.62 bits per heavy atom. The fourth-order valence-corrected chi connectivity index (χ4v) is 5.04. The molecule has 1 heterocycles. The fraction of sp³-hybridized carbons (Fsp3) is 0.469. The van der Waals surface area contributed by atoms with Crippen LogP contribution in [0.25, 0.3) is 21.8 Å². The molecule has 0 aliphatic rings. The summed E-state index contributed by atoms with van der Waals surface area (Å²) >= 11 is 0. The molecule has 11 N–H and O–H groups in total. The summed E-state index contributed by atoms with van der Waals surface area (Å²) < 4.78 is 0. The number of rotatable bonds is 19. The van der Waals surface area contributed by atoms with E-state index in [2.05, 4.69) is 26.3 Å². The zero-order chi connectivity index (χ0) is 35.4. The highest BCUT2D eigenvalue weighted by Crippen LogP contribution is 2.29. The average molecular weight is 668 g/mol. The SMILES string of the molecule is CC(C)C(N)C(=O)NC(CCC(=O)NCCCCC(N)C(=O)NCCCNc1ccc([N+](=O)[O-])c2[nH]c3ccccc3c(=O)c12)C(N)=O. The largest absolute Gasteiger partial charge is 0.384 e. The number of carbonyl (C=O) groups excluding carboxylic acids is 4. The Hall–Kier alpha value is -5.09. The Bertz CT molecular complexity index is 1690. The number of nitrogens with one attached hydrogen (secondary N) is 5. The van der Waals surface area contributed by atoms with Crippen LogP contribution in [0.5, 0.6) is 0 Å². The number of aromatic amines is 1. The first-order chi connectivity index (χ1) is 22.8. The number of pyridine rings is 1. The lowest BCUT2D eigenvalue weighted by atomic mass is 10.0. The summed E-state index contributed by atoms with van der Waals surface area (Å²) in [6, 6.07) is 7.11. The van der Waals surface area contributed by atoms with Gasteiger partial charge in [-0.3, -0.25) is 34.1 Å². The van der Waals surface area contributed by atoms with E-state index in [1.165, 1.54) is 12.1 Å². The van der Waals surface area contributed by atoms with E-state index < -0.39 is 34.9 Å². The number of carbonyl (C=O) groups is 4. The number of H-pyrrole nitrogens is 1. The molecule has 0 radical (unpaired) electrons. The fourth-order valence-electron chi connectivity index (χ4n) is 5.04. The number of anilines is 1. The molecule has 0 saturated carbocycles. The van der Waals surface area contributed by atoms with Crippen molar-refractivity contribution in [1.29, 1.82) is 0 Å². The number of hydrogen-bond acceptors (Lipinski definition) is 10. The maximum absolute atomic E-state index is 13.2. The molecule has 16 nitrogen and oxygen atoms in total. The van der Waals surface area contributed by atoms with Gasteiger partial charge in [-0.25, -0.2) is 0 Å². The molecule has 48 heavy (non-hydrogen) atoms. The first kappa shape index (κ1) is 37.4. The smallest absolute Gasteiger partial charge is 0.293 e. The van der Waals surface area contributed by atoms with E-state index in [9.17, 15) is 34.1 Å². The molecule has 0 spiro atoms. The first-order valence-electron chi connectivity index (χ1n) is 15.9. The molecule has 260 valence electrons. The molecule has 3 rings (SSSR count). The first-order valence-corrected chi connectivity index (χ1v) is 15.9. The predicted octanol–water partition coefficient (Wildman–Crippen LogP) is 0.855. The average Bonchev–Trinajstić information content (AvgIpc) is 3.05. The molecule has 0 aliphatic heterocycles. The lowest BCUT2D eigenvalue weighted by Gasteiger charge is -2.20. The zero-order valence-corrected chi connectivity index (χ0v) is 27.2. The van der Waals surface area contributed by atoms with E-state index in [1.807, 2.05) is 0 Å². The number of amides is 4. The lowest BCUT2D eigenvalue weighted by Crippen LogP contribution is -2.52. The van der Waals surface area contributed by atoms with Gasteiger partial charge in [-0.1, -0.05) is 26.0 Å². The van der Waals surface area contributed by atoms with E-state index in [0.717, 1.165) is 0 Å². The van der Waals surface area contributed by atoms with Crippen molar-refractivity contribution in [2.45, 2.75) is 70.5 Å². The van der Waals surface area contributed by atoms with Crippen LogP contribution in [0.2, 0.25) is 0 Å². The number of aromatic nitrogens is 1. The molecule has 16 heteroatoms. The summed E-state index contributed by atoms with van der Waals surface area (Å²) in [5, 5.41) is 23.4. The van der Waals surface area contributed by atoms with Gasteiger partial charge in [0.1, 0.15) is 11.6 Å². The minimum absolute atomic E-state index is 0.0185. The second kappa shape index (κ2) is 17.7. The number of primary amides is 1. The lowest BCUT2D eigenvalue weighted by molar-refractivity contribution is -0.383. The number of nitro groups is 1. The molecule has 4 amide bonds. The van der Waals surface area contributed by atoms with Crippen molar-refractivity contribution in [1.82, 2.24) is 20.9 Å². The summed E-state index contributed by atoms with van der Waals surface area (Å²) in [7, 11) is 0. The van der Waals surface area contributed by atoms with Gasteiger partial charge in [0.2, 0.25) is 23.6 Å². The number of nitro benzene ring substituents is 1.